The number of nitriles is 1. The van der Waals surface area contributed by atoms with Gasteiger partial charge in [-0.15, -0.1) is 0 Å². The molecule has 1 aromatic rings. The molecule has 0 aliphatic heterocycles. The van der Waals surface area contributed by atoms with Crippen LogP contribution >= 0.6 is 0 Å². The zero-order valence-corrected chi connectivity index (χ0v) is 10.2. The highest BCUT2D eigenvalue weighted by atomic mass is 16.6. The van der Waals surface area contributed by atoms with E-state index >= 15 is 0 Å². The van der Waals surface area contributed by atoms with Crippen molar-refractivity contribution in [3.63, 3.8) is 0 Å². The molecule has 1 rings (SSSR count). The number of hydrogen-bond acceptors (Lipinski definition) is 4. The molecule has 0 N–H and O–H groups in total. The fraction of sp³-hybridized carbons (Fsp3) is 0.385. The second kappa shape index (κ2) is 5.35. The molecule has 17 heavy (non-hydrogen) atoms. The number of nitrogens with zero attached hydrogens (tertiary/aromatic N) is 1. The number of carbonyl (C=O) groups excluding carboxylic acids is 1. The molecule has 0 heterocycles. The van der Waals surface area contributed by atoms with Gasteiger partial charge in [0, 0.05) is 18.9 Å². The van der Waals surface area contributed by atoms with Gasteiger partial charge in [0.05, 0.1) is 7.11 Å². The monoisotopic (exact) mass is 233 g/mol. The van der Waals surface area contributed by atoms with Crippen LogP contribution in [0.5, 0.6) is 5.75 Å². The van der Waals surface area contributed by atoms with E-state index in [2.05, 4.69) is 6.07 Å². The lowest BCUT2D eigenvalue weighted by Gasteiger charge is -2.25. The quantitative estimate of drug-likeness (QED) is 0.749. The van der Waals surface area contributed by atoms with Crippen molar-refractivity contribution < 1.29 is 14.3 Å². The number of rotatable bonds is 4. The number of benzene rings is 1. The highest BCUT2D eigenvalue weighted by Gasteiger charge is 2.33. The van der Waals surface area contributed by atoms with Gasteiger partial charge in [-0.3, -0.25) is 4.79 Å². The third kappa shape index (κ3) is 2.76. The van der Waals surface area contributed by atoms with Crippen LogP contribution in [0.15, 0.2) is 24.3 Å². The van der Waals surface area contributed by atoms with E-state index in [0.717, 1.165) is 0 Å². The maximum atomic E-state index is 11.1. The minimum absolute atomic E-state index is 0.398. The Kier molecular flexibility index (Phi) is 4.11. The summed E-state index contributed by atoms with van der Waals surface area (Å²) in [5.74, 6) is 0.226. The molecule has 1 atom stereocenters. The van der Waals surface area contributed by atoms with Crippen molar-refractivity contribution in [1.29, 1.82) is 5.26 Å². The lowest BCUT2D eigenvalue weighted by Crippen LogP contribution is -2.29. The van der Waals surface area contributed by atoms with Crippen molar-refractivity contribution in [1.82, 2.24) is 0 Å². The Morgan fingerprint density at radius 2 is 2.00 bits per heavy atom. The highest BCUT2D eigenvalue weighted by molar-refractivity contribution is 5.67. The first-order chi connectivity index (χ1) is 8.07. The predicted molar refractivity (Wildman–Crippen MR) is 62.3 cm³/mol. The Balaban J connectivity index is 3.13. The average Bonchev–Trinajstić information content (AvgIpc) is 2.36. The SMILES string of the molecule is CCC(C#N)(OC(C)=O)c1ccc(OC)cc1. The van der Waals surface area contributed by atoms with Crippen LogP contribution in [0.1, 0.15) is 25.8 Å². The molecule has 1 aromatic carbocycles. The smallest absolute Gasteiger partial charge is 0.304 e. The Bertz CT molecular complexity index is 433. The molecule has 0 saturated carbocycles. The van der Waals surface area contributed by atoms with Crippen LogP contribution < -0.4 is 4.74 Å². The lowest BCUT2D eigenvalue weighted by atomic mass is 9.92. The summed E-state index contributed by atoms with van der Waals surface area (Å²) in [6, 6.07) is 9.00. The van der Waals surface area contributed by atoms with Gasteiger partial charge >= 0.3 is 5.97 Å². The molecular formula is C13H15NO3. The van der Waals surface area contributed by atoms with Crippen molar-refractivity contribution in [2.24, 2.45) is 0 Å². The molecule has 4 heteroatoms. The van der Waals surface area contributed by atoms with Gasteiger partial charge in [0.1, 0.15) is 11.8 Å². The van der Waals surface area contributed by atoms with Gasteiger partial charge in [0.2, 0.25) is 5.60 Å². The Hall–Kier alpha value is -2.02. The first-order valence-electron chi connectivity index (χ1n) is 5.33. The second-order valence-electron chi connectivity index (χ2n) is 3.61. The van der Waals surface area contributed by atoms with Crippen LogP contribution in [-0.2, 0) is 15.1 Å². The summed E-state index contributed by atoms with van der Waals surface area (Å²) >= 11 is 0. The third-order valence-corrected chi connectivity index (χ3v) is 2.55. The molecule has 0 saturated heterocycles. The van der Waals surface area contributed by atoms with Crippen LogP contribution in [0.4, 0.5) is 0 Å². The summed E-state index contributed by atoms with van der Waals surface area (Å²) < 4.78 is 10.2. The Morgan fingerprint density at radius 1 is 1.41 bits per heavy atom. The predicted octanol–water partition coefficient (Wildman–Crippen LogP) is 2.39. The van der Waals surface area contributed by atoms with E-state index in [-0.39, 0.29) is 0 Å². The number of methoxy groups -OCH3 is 1. The van der Waals surface area contributed by atoms with Gasteiger partial charge in [0.25, 0.3) is 0 Å². The normalized spacial score (nSPS) is 13.3. The van der Waals surface area contributed by atoms with E-state index in [1.807, 2.05) is 0 Å². The molecule has 0 aliphatic rings. The summed E-state index contributed by atoms with van der Waals surface area (Å²) in [7, 11) is 1.57. The number of hydrogen-bond donors (Lipinski definition) is 0. The molecule has 4 nitrogen and oxygen atoms in total. The zero-order valence-electron chi connectivity index (χ0n) is 10.2. The molecule has 1 unspecified atom stereocenters. The Morgan fingerprint density at radius 3 is 2.35 bits per heavy atom. The van der Waals surface area contributed by atoms with Crippen LogP contribution in [-0.4, -0.2) is 13.1 Å². The van der Waals surface area contributed by atoms with E-state index in [4.69, 9.17) is 9.47 Å². The first-order valence-corrected chi connectivity index (χ1v) is 5.33. The summed E-state index contributed by atoms with van der Waals surface area (Å²) in [6.07, 6.45) is 0.398. The maximum absolute atomic E-state index is 11.1. The van der Waals surface area contributed by atoms with Gasteiger partial charge in [-0.25, -0.2) is 0 Å². The van der Waals surface area contributed by atoms with Gasteiger partial charge in [0.15, 0.2) is 0 Å². The minimum Gasteiger partial charge on any atom is -0.497 e. The molecule has 0 aliphatic carbocycles. The van der Waals surface area contributed by atoms with Crippen molar-refractivity contribution in [2.45, 2.75) is 25.9 Å². The Labute approximate surface area is 101 Å². The molecule has 0 aromatic heterocycles. The molecule has 0 bridgehead atoms. The van der Waals surface area contributed by atoms with Gasteiger partial charge in [-0.2, -0.15) is 5.26 Å². The molecule has 90 valence electrons. The zero-order chi connectivity index (χ0) is 12.9. The van der Waals surface area contributed by atoms with Crippen LogP contribution in [0.3, 0.4) is 0 Å². The number of esters is 1. The summed E-state index contributed by atoms with van der Waals surface area (Å²) in [5, 5.41) is 9.25. The van der Waals surface area contributed by atoms with Gasteiger partial charge < -0.3 is 9.47 Å². The number of carbonyl (C=O) groups is 1. The molecule has 0 fully saturated rings. The average molecular weight is 233 g/mol. The minimum atomic E-state index is -1.21. The molecule has 0 radical (unpaired) electrons. The van der Waals surface area contributed by atoms with Crippen molar-refractivity contribution in [3.8, 4) is 11.8 Å². The summed E-state index contributed by atoms with van der Waals surface area (Å²) in [5.41, 5.74) is -0.559. The standard InChI is InChI=1S/C13H15NO3/c1-4-13(9-14,17-10(2)15)11-5-7-12(16-3)8-6-11/h5-8H,4H2,1-3H3. The van der Waals surface area contributed by atoms with E-state index in [1.165, 1.54) is 6.92 Å². The summed E-state index contributed by atoms with van der Waals surface area (Å²) in [4.78, 5) is 11.1. The molecule has 0 spiro atoms. The van der Waals surface area contributed by atoms with Crippen molar-refractivity contribution in [3.05, 3.63) is 29.8 Å². The first kappa shape index (κ1) is 13.0. The van der Waals surface area contributed by atoms with Gasteiger partial charge in [-0.1, -0.05) is 19.1 Å². The van der Waals surface area contributed by atoms with Crippen LogP contribution in [0.25, 0.3) is 0 Å². The van der Waals surface area contributed by atoms with E-state index < -0.39 is 11.6 Å². The molecule has 0 amide bonds. The van der Waals surface area contributed by atoms with E-state index in [0.29, 0.717) is 17.7 Å². The second-order valence-corrected chi connectivity index (χ2v) is 3.61. The fourth-order valence-electron chi connectivity index (χ4n) is 1.61. The van der Waals surface area contributed by atoms with E-state index in [1.54, 1.807) is 38.3 Å². The van der Waals surface area contributed by atoms with E-state index in [9.17, 15) is 10.1 Å². The number of ether oxygens (including phenoxy) is 2. The maximum Gasteiger partial charge on any atom is 0.304 e. The molecular weight excluding hydrogens is 218 g/mol. The van der Waals surface area contributed by atoms with Crippen molar-refractivity contribution >= 4 is 5.97 Å². The van der Waals surface area contributed by atoms with Gasteiger partial charge in [-0.05, 0) is 12.1 Å². The van der Waals surface area contributed by atoms with Crippen LogP contribution in [0.2, 0.25) is 0 Å². The largest absolute Gasteiger partial charge is 0.497 e. The fourth-order valence-corrected chi connectivity index (χ4v) is 1.61. The lowest BCUT2D eigenvalue weighted by molar-refractivity contribution is -0.152. The third-order valence-electron chi connectivity index (χ3n) is 2.55. The summed E-state index contributed by atoms with van der Waals surface area (Å²) in [6.45, 7) is 3.10. The highest BCUT2D eigenvalue weighted by Crippen LogP contribution is 2.30. The van der Waals surface area contributed by atoms with Crippen LogP contribution in [0, 0.1) is 11.3 Å². The topological polar surface area (TPSA) is 59.3 Å². The van der Waals surface area contributed by atoms with Crippen molar-refractivity contribution in [2.75, 3.05) is 7.11 Å².